The molecule has 1 aromatic carbocycles. The summed E-state index contributed by atoms with van der Waals surface area (Å²) in [7, 11) is 0. The largest absolute Gasteiger partial charge is 0.307 e. The van der Waals surface area contributed by atoms with Crippen LogP contribution < -0.4 is 5.32 Å². The summed E-state index contributed by atoms with van der Waals surface area (Å²) < 4.78 is 1.01. The van der Waals surface area contributed by atoms with E-state index in [-0.39, 0.29) is 0 Å². The Morgan fingerprint density at radius 1 is 1.24 bits per heavy atom. The van der Waals surface area contributed by atoms with Crippen molar-refractivity contribution in [1.29, 1.82) is 0 Å². The molecule has 0 amide bonds. The number of benzene rings is 1. The molecule has 0 fully saturated rings. The van der Waals surface area contributed by atoms with Crippen molar-refractivity contribution in [3.63, 3.8) is 0 Å². The first-order chi connectivity index (χ1) is 8.25. The molecule has 0 saturated heterocycles. The fraction of sp³-hybridized carbons (Fsp3) is 0.167. The molecule has 0 bridgehead atoms. The predicted octanol–water partition coefficient (Wildman–Crippen LogP) is 3.18. The van der Waals surface area contributed by atoms with E-state index in [0.29, 0.717) is 6.54 Å². The van der Waals surface area contributed by atoms with Crippen LogP contribution in [0.25, 0.3) is 0 Å². The van der Waals surface area contributed by atoms with Gasteiger partial charge in [0.15, 0.2) is 0 Å². The van der Waals surface area contributed by atoms with Crippen molar-refractivity contribution < 1.29 is 0 Å². The molecule has 5 heteroatoms. The smallest absolute Gasteiger partial charge is 0.0769 e. The van der Waals surface area contributed by atoms with E-state index in [0.717, 1.165) is 21.7 Å². The van der Waals surface area contributed by atoms with Gasteiger partial charge in [-0.2, -0.15) is 10.2 Å². The Hall–Kier alpha value is -0.970. The molecule has 1 aromatic heterocycles. The Bertz CT molecular complexity index is 490. The molecular weight excluding hydrogens is 302 g/mol. The van der Waals surface area contributed by atoms with Gasteiger partial charge in [0.2, 0.25) is 0 Å². The minimum Gasteiger partial charge on any atom is -0.307 e. The highest BCUT2D eigenvalue weighted by atomic mass is 79.9. The summed E-state index contributed by atoms with van der Waals surface area (Å²) in [5.41, 5.74) is 2.09. The molecule has 3 nitrogen and oxygen atoms in total. The maximum absolute atomic E-state index is 5.88. The van der Waals surface area contributed by atoms with Gasteiger partial charge in [-0.1, -0.05) is 33.6 Å². The Labute approximate surface area is 113 Å². The molecule has 2 aromatic rings. The van der Waals surface area contributed by atoms with Crippen LogP contribution >= 0.6 is 27.5 Å². The summed E-state index contributed by atoms with van der Waals surface area (Å²) in [5.74, 6) is 0. The lowest BCUT2D eigenvalue weighted by molar-refractivity contribution is 0.668. The third kappa shape index (κ3) is 3.77. The molecule has 0 aliphatic heterocycles. The quantitative estimate of drug-likeness (QED) is 0.942. The van der Waals surface area contributed by atoms with Crippen molar-refractivity contribution in [2.45, 2.75) is 13.1 Å². The predicted molar refractivity (Wildman–Crippen MR) is 71.7 cm³/mol. The molecule has 0 unspecified atom stereocenters. The molecule has 88 valence electrons. The summed E-state index contributed by atoms with van der Waals surface area (Å²) in [5, 5.41) is 11.9. The molecule has 0 spiro atoms. The van der Waals surface area contributed by atoms with E-state index < -0.39 is 0 Å². The lowest BCUT2D eigenvalue weighted by Crippen LogP contribution is -2.14. The van der Waals surface area contributed by atoms with Crippen molar-refractivity contribution in [1.82, 2.24) is 15.5 Å². The molecule has 2 rings (SSSR count). The standard InChI is InChI=1S/C12H11BrClN3/c13-12-6-10(14)4-3-9(12)7-15-8-11-2-1-5-16-17-11/h1-6,15H,7-8H2. The summed E-state index contributed by atoms with van der Waals surface area (Å²) in [6, 6.07) is 9.59. The average Bonchev–Trinajstić information content (AvgIpc) is 2.33. The lowest BCUT2D eigenvalue weighted by Gasteiger charge is -2.06. The summed E-state index contributed by atoms with van der Waals surface area (Å²) in [4.78, 5) is 0. The van der Waals surface area contributed by atoms with Crippen LogP contribution in [-0.2, 0) is 13.1 Å². The van der Waals surface area contributed by atoms with Crippen LogP contribution in [0.15, 0.2) is 41.0 Å². The fourth-order valence-corrected chi connectivity index (χ4v) is 2.24. The van der Waals surface area contributed by atoms with E-state index in [9.17, 15) is 0 Å². The summed E-state index contributed by atoms with van der Waals surface area (Å²) in [6.07, 6.45) is 1.67. The van der Waals surface area contributed by atoms with Crippen LogP contribution in [0.1, 0.15) is 11.3 Å². The van der Waals surface area contributed by atoms with Crippen LogP contribution in [0, 0.1) is 0 Å². The first kappa shape index (κ1) is 12.5. The Balaban J connectivity index is 1.90. The molecule has 1 N–H and O–H groups in total. The van der Waals surface area contributed by atoms with Gasteiger partial charge in [0.25, 0.3) is 0 Å². The minimum absolute atomic E-state index is 0.697. The van der Waals surface area contributed by atoms with E-state index in [4.69, 9.17) is 11.6 Å². The number of aromatic nitrogens is 2. The molecule has 0 aliphatic carbocycles. The third-order valence-corrected chi connectivity index (χ3v) is 3.24. The normalized spacial score (nSPS) is 10.5. The molecule has 17 heavy (non-hydrogen) atoms. The van der Waals surface area contributed by atoms with Crippen LogP contribution in [0.3, 0.4) is 0 Å². The van der Waals surface area contributed by atoms with Crippen LogP contribution in [0.4, 0.5) is 0 Å². The zero-order valence-electron chi connectivity index (χ0n) is 9.03. The van der Waals surface area contributed by atoms with E-state index in [1.54, 1.807) is 6.20 Å². The van der Waals surface area contributed by atoms with Gasteiger partial charge in [-0.05, 0) is 29.8 Å². The van der Waals surface area contributed by atoms with Gasteiger partial charge in [0, 0.05) is 28.8 Å². The molecule has 0 radical (unpaired) electrons. The van der Waals surface area contributed by atoms with Gasteiger partial charge >= 0.3 is 0 Å². The van der Waals surface area contributed by atoms with E-state index in [1.807, 2.05) is 30.3 Å². The molecule has 0 atom stereocenters. The van der Waals surface area contributed by atoms with Crippen molar-refractivity contribution >= 4 is 27.5 Å². The topological polar surface area (TPSA) is 37.8 Å². The van der Waals surface area contributed by atoms with Gasteiger partial charge in [0.1, 0.15) is 0 Å². The first-order valence-corrected chi connectivity index (χ1v) is 6.34. The number of hydrogen-bond donors (Lipinski definition) is 1. The van der Waals surface area contributed by atoms with Crippen LogP contribution in [-0.4, -0.2) is 10.2 Å². The van der Waals surface area contributed by atoms with Crippen molar-refractivity contribution in [3.05, 3.63) is 57.3 Å². The fourth-order valence-electron chi connectivity index (χ4n) is 1.42. The van der Waals surface area contributed by atoms with Gasteiger partial charge in [-0.15, -0.1) is 0 Å². The van der Waals surface area contributed by atoms with Crippen LogP contribution in [0.2, 0.25) is 5.02 Å². The van der Waals surface area contributed by atoms with E-state index in [2.05, 4.69) is 31.4 Å². The first-order valence-electron chi connectivity index (χ1n) is 5.17. The zero-order valence-corrected chi connectivity index (χ0v) is 11.4. The van der Waals surface area contributed by atoms with Crippen molar-refractivity contribution in [2.24, 2.45) is 0 Å². The summed E-state index contributed by atoms with van der Waals surface area (Å²) >= 11 is 9.36. The van der Waals surface area contributed by atoms with Crippen molar-refractivity contribution in [2.75, 3.05) is 0 Å². The molecule has 1 heterocycles. The van der Waals surface area contributed by atoms with Gasteiger partial charge in [-0.25, -0.2) is 0 Å². The van der Waals surface area contributed by atoms with Crippen molar-refractivity contribution in [3.8, 4) is 0 Å². The Morgan fingerprint density at radius 3 is 2.82 bits per heavy atom. The van der Waals surface area contributed by atoms with Gasteiger partial charge < -0.3 is 5.32 Å². The summed E-state index contributed by atoms with van der Waals surface area (Å²) in [6.45, 7) is 1.46. The number of nitrogens with one attached hydrogen (secondary N) is 1. The second-order valence-corrected chi connectivity index (χ2v) is 4.85. The number of rotatable bonds is 4. The minimum atomic E-state index is 0.697. The highest BCUT2D eigenvalue weighted by molar-refractivity contribution is 9.10. The van der Waals surface area contributed by atoms with Crippen LogP contribution in [0.5, 0.6) is 0 Å². The average molecular weight is 313 g/mol. The highest BCUT2D eigenvalue weighted by Crippen LogP contribution is 2.21. The number of hydrogen-bond acceptors (Lipinski definition) is 3. The maximum Gasteiger partial charge on any atom is 0.0769 e. The second kappa shape index (κ2) is 6.10. The Morgan fingerprint density at radius 2 is 2.12 bits per heavy atom. The molecule has 0 saturated carbocycles. The molecular formula is C12H11BrClN3. The monoisotopic (exact) mass is 311 g/mol. The number of nitrogens with zero attached hydrogens (tertiary/aromatic N) is 2. The molecule has 0 aliphatic rings. The Kier molecular flexibility index (Phi) is 4.48. The lowest BCUT2D eigenvalue weighted by atomic mass is 10.2. The van der Waals surface area contributed by atoms with Gasteiger partial charge in [-0.3, -0.25) is 0 Å². The van der Waals surface area contributed by atoms with Gasteiger partial charge in [0.05, 0.1) is 5.69 Å². The van der Waals surface area contributed by atoms with E-state index >= 15 is 0 Å². The third-order valence-electron chi connectivity index (χ3n) is 2.26. The maximum atomic E-state index is 5.88. The zero-order chi connectivity index (χ0) is 12.1. The number of halogens is 2. The second-order valence-electron chi connectivity index (χ2n) is 3.55. The van der Waals surface area contributed by atoms with E-state index in [1.165, 1.54) is 5.56 Å². The highest BCUT2D eigenvalue weighted by Gasteiger charge is 2.00. The SMILES string of the molecule is Clc1ccc(CNCc2cccnn2)c(Br)c1.